The molecule has 0 amide bonds. The summed E-state index contributed by atoms with van der Waals surface area (Å²) in [4.78, 5) is 4.31. The second-order valence-electron chi connectivity index (χ2n) is 5.30. The number of nitrogens with one attached hydrogen (secondary N) is 1. The van der Waals surface area contributed by atoms with Gasteiger partial charge >= 0.3 is 0 Å². The summed E-state index contributed by atoms with van der Waals surface area (Å²) >= 11 is 0. The predicted octanol–water partition coefficient (Wildman–Crippen LogP) is 4.72. The van der Waals surface area contributed by atoms with Gasteiger partial charge in [-0.1, -0.05) is 66.7 Å². The number of benzene rings is 2. The van der Waals surface area contributed by atoms with Crippen molar-refractivity contribution in [3.8, 4) is 0 Å². The molecule has 2 heteroatoms. The monoisotopic (exact) mass is 288 g/mol. The molecular weight excluding hydrogens is 268 g/mol. The Morgan fingerprint density at radius 3 is 1.86 bits per heavy atom. The summed E-state index contributed by atoms with van der Waals surface area (Å²) in [6.45, 7) is 0.894. The Kier molecular flexibility index (Phi) is 4.83. The normalized spacial score (nSPS) is 10.6. The molecule has 22 heavy (non-hydrogen) atoms. The number of pyridine rings is 1. The van der Waals surface area contributed by atoms with Crippen molar-refractivity contribution >= 4 is 5.82 Å². The predicted molar refractivity (Wildman–Crippen MR) is 92.1 cm³/mol. The van der Waals surface area contributed by atoms with Crippen molar-refractivity contribution in [2.24, 2.45) is 0 Å². The lowest BCUT2D eigenvalue weighted by Gasteiger charge is -2.18. The lowest BCUT2D eigenvalue weighted by molar-refractivity contribution is 0.743. The Morgan fingerprint density at radius 1 is 0.727 bits per heavy atom. The van der Waals surface area contributed by atoms with Crippen molar-refractivity contribution in [3.63, 3.8) is 0 Å². The minimum atomic E-state index is 0.401. The first kappa shape index (κ1) is 14.3. The second kappa shape index (κ2) is 7.41. The summed E-state index contributed by atoms with van der Waals surface area (Å²) in [6, 6.07) is 27.3. The fourth-order valence-electron chi connectivity index (χ4n) is 2.71. The number of anilines is 1. The average molecular weight is 288 g/mol. The molecule has 1 N–H and O–H groups in total. The van der Waals surface area contributed by atoms with E-state index in [1.54, 1.807) is 0 Å². The molecule has 0 saturated carbocycles. The SMILES string of the molecule is c1ccc(C(CCNc2ccccn2)c2ccccc2)cc1. The molecule has 0 aliphatic heterocycles. The Balaban J connectivity index is 1.72. The zero-order chi connectivity index (χ0) is 15.0. The molecule has 3 aromatic rings. The number of nitrogens with zero attached hydrogens (tertiary/aromatic N) is 1. The second-order valence-corrected chi connectivity index (χ2v) is 5.30. The van der Waals surface area contributed by atoms with Crippen LogP contribution in [0.25, 0.3) is 0 Å². The molecule has 1 heterocycles. The van der Waals surface area contributed by atoms with E-state index in [0.29, 0.717) is 5.92 Å². The molecule has 0 radical (unpaired) electrons. The zero-order valence-corrected chi connectivity index (χ0v) is 12.5. The Hall–Kier alpha value is -2.61. The highest BCUT2D eigenvalue weighted by molar-refractivity contribution is 5.35. The van der Waals surface area contributed by atoms with Gasteiger partial charge in [0.15, 0.2) is 0 Å². The molecule has 0 bridgehead atoms. The van der Waals surface area contributed by atoms with Crippen LogP contribution in [-0.4, -0.2) is 11.5 Å². The van der Waals surface area contributed by atoms with Gasteiger partial charge in [-0.2, -0.15) is 0 Å². The van der Waals surface area contributed by atoms with Crippen LogP contribution in [0, 0.1) is 0 Å². The first-order valence-electron chi connectivity index (χ1n) is 7.68. The maximum atomic E-state index is 4.31. The lowest BCUT2D eigenvalue weighted by Crippen LogP contribution is -2.10. The minimum Gasteiger partial charge on any atom is -0.370 e. The zero-order valence-electron chi connectivity index (χ0n) is 12.5. The van der Waals surface area contributed by atoms with Gasteiger partial charge in [-0.15, -0.1) is 0 Å². The third-order valence-corrected chi connectivity index (χ3v) is 3.81. The van der Waals surface area contributed by atoms with E-state index >= 15 is 0 Å². The van der Waals surface area contributed by atoms with E-state index in [9.17, 15) is 0 Å². The van der Waals surface area contributed by atoms with E-state index in [2.05, 4.69) is 71.0 Å². The molecule has 0 aliphatic rings. The van der Waals surface area contributed by atoms with Gasteiger partial charge in [0.05, 0.1) is 0 Å². The first-order chi connectivity index (χ1) is 10.9. The summed E-state index contributed by atoms with van der Waals surface area (Å²) in [5.74, 6) is 1.33. The highest BCUT2D eigenvalue weighted by atomic mass is 15.0. The summed E-state index contributed by atoms with van der Waals surface area (Å²) in [5.41, 5.74) is 2.72. The van der Waals surface area contributed by atoms with Crippen molar-refractivity contribution in [2.45, 2.75) is 12.3 Å². The summed E-state index contributed by atoms with van der Waals surface area (Å²) in [6.07, 6.45) is 2.85. The summed E-state index contributed by atoms with van der Waals surface area (Å²) < 4.78 is 0. The van der Waals surface area contributed by atoms with Crippen molar-refractivity contribution in [1.82, 2.24) is 4.98 Å². The minimum absolute atomic E-state index is 0.401. The molecule has 2 nitrogen and oxygen atoms in total. The molecule has 1 aromatic heterocycles. The lowest BCUT2D eigenvalue weighted by atomic mass is 9.88. The number of hydrogen-bond donors (Lipinski definition) is 1. The Labute approximate surface area is 131 Å². The topological polar surface area (TPSA) is 24.9 Å². The first-order valence-corrected chi connectivity index (χ1v) is 7.68. The number of hydrogen-bond acceptors (Lipinski definition) is 2. The Morgan fingerprint density at radius 2 is 1.32 bits per heavy atom. The molecule has 0 saturated heterocycles. The van der Waals surface area contributed by atoms with Crippen LogP contribution >= 0.6 is 0 Å². The highest BCUT2D eigenvalue weighted by Crippen LogP contribution is 2.27. The van der Waals surface area contributed by atoms with Gasteiger partial charge in [0.25, 0.3) is 0 Å². The van der Waals surface area contributed by atoms with Gasteiger partial charge in [-0.25, -0.2) is 4.98 Å². The van der Waals surface area contributed by atoms with E-state index in [4.69, 9.17) is 0 Å². The van der Waals surface area contributed by atoms with Gasteiger partial charge in [0, 0.05) is 18.7 Å². The smallest absolute Gasteiger partial charge is 0.125 e. The Bertz CT molecular complexity index is 626. The fourth-order valence-corrected chi connectivity index (χ4v) is 2.71. The summed E-state index contributed by atoms with van der Waals surface area (Å²) in [5, 5.41) is 3.40. The van der Waals surface area contributed by atoms with E-state index in [1.807, 2.05) is 24.4 Å². The highest BCUT2D eigenvalue weighted by Gasteiger charge is 2.13. The van der Waals surface area contributed by atoms with Gasteiger partial charge < -0.3 is 5.32 Å². The van der Waals surface area contributed by atoms with E-state index in [0.717, 1.165) is 18.8 Å². The van der Waals surface area contributed by atoms with E-state index < -0.39 is 0 Å². The molecule has 110 valence electrons. The molecule has 2 aromatic carbocycles. The van der Waals surface area contributed by atoms with Crippen LogP contribution in [0.4, 0.5) is 5.82 Å². The number of rotatable bonds is 6. The largest absolute Gasteiger partial charge is 0.370 e. The number of aromatic nitrogens is 1. The van der Waals surface area contributed by atoms with Crippen LogP contribution in [-0.2, 0) is 0 Å². The van der Waals surface area contributed by atoms with E-state index in [1.165, 1.54) is 11.1 Å². The van der Waals surface area contributed by atoms with Crippen LogP contribution in [0.15, 0.2) is 85.1 Å². The maximum absolute atomic E-state index is 4.31. The van der Waals surface area contributed by atoms with Gasteiger partial charge in [-0.3, -0.25) is 0 Å². The quantitative estimate of drug-likeness (QED) is 0.710. The average Bonchev–Trinajstić information content (AvgIpc) is 2.61. The molecule has 0 fully saturated rings. The van der Waals surface area contributed by atoms with Crippen molar-refractivity contribution in [2.75, 3.05) is 11.9 Å². The van der Waals surface area contributed by atoms with Crippen LogP contribution in [0.2, 0.25) is 0 Å². The molecule has 3 rings (SSSR count). The van der Waals surface area contributed by atoms with Gasteiger partial charge in [-0.05, 0) is 29.7 Å². The van der Waals surface area contributed by atoms with Crippen molar-refractivity contribution in [1.29, 1.82) is 0 Å². The van der Waals surface area contributed by atoms with Crippen LogP contribution in [0.3, 0.4) is 0 Å². The maximum Gasteiger partial charge on any atom is 0.125 e. The third-order valence-electron chi connectivity index (χ3n) is 3.81. The standard InChI is InChI=1S/C20H20N2/c1-3-9-17(10-4-1)19(18-11-5-2-6-12-18)14-16-22-20-13-7-8-15-21-20/h1-13,15,19H,14,16H2,(H,21,22). The molecule has 0 unspecified atom stereocenters. The molecular formula is C20H20N2. The molecule has 0 atom stereocenters. The van der Waals surface area contributed by atoms with Crippen LogP contribution in [0.5, 0.6) is 0 Å². The fraction of sp³-hybridized carbons (Fsp3) is 0.150. The van der Waals surface area contributed by atoms with Crippen LogP contribution in [0.1, 0.15) is 23.5 Å². The van der Waals surface area contributed by atoms with Crippen molar-refractivity contribution in [3.05, 3.63) is 96.2 Å². The van der Waals surface area contributed by atoms with Gasteiger partial charge in [0.1, 0.15) is 5.82 Å². The van der Waals surface area contributed by atoms with E-state index in [-0.39, 0.29) is 0 Å². The molecule has 0 spiro atoms. The van der Waals surface area contributed by atoms with Crippen LogP contribution < -0.4 is 5.32 Å². The third kappa shape index (κ3) is 3.73. The summed E-state index contributed by atoms with van der Waals surface area (Å²) in [7, 11) is 0. The van der Waals surface area contributed by atoms with Crippen molar-refractivity contribution < 1.29 is 0 Å². The van der Waals surface area contributed by atoms with Gasteiger partial charge in [0.2, 0.25) is 0 Å². The molecule has 0 aliphatic carbocycles.